The van der Waals surface area contributed by atoms with E-state index >= 15 is 0 Å². The van der Waals surface area contributed by atoms with Crippen LogP contribution in [0.3, 0.4) is 0 Å². The van der Waals surface area contributed by atoms with Gasteiger partial charge in [-0.3, -0.25) is 0 Å². The van der Waals surface area contributed by atoms with Crippen molar-refractivity contribution >= 4 is 11.6 Å². The molecular weight excluding hydrogens is 281 g/mol. The molecule has 0 unspecified atom stereocenters. The molecule has 1 heterocycles. The van der Waals surface area contributed by atoms with Crippen LogP contribution in [0.2, 0.25) is 0 Å². The van der Waals surface area contributed by atoms with Crippen LogP contribution in [-0.2, 0) is 0 Å². The van der Waals surface area contributed by atoms with Crippen LogP contribution in [0.1, 0.15) is 12.8 Å². The van der Waals surface area contributed by atoms with Crippen LogP contribution in [0.25, 0.3) is 11.4 Å². The summed E-state index contributed by atoms with van der Waals surface area (Å²) in [5.41, 5.74) is 4.50. The average Bonchev–Trinajstić information content (AvgIpc) is 3.19. The molecule has 110 valence electrons. The summed E-state index contributed by atoms with van der Waals surface area (Å²) in [4.78, 5) is 8.20. The third kappa shape index (κ3) is 2.63. The quantitative estimate of drug-likeness (QED) is 0.912. The Balaban J connectivity index is 1.93. The molecule has 3 rings (SSSR count). The molecule has 0 spiro atoms. The second-order valence-corrected chi connectivity index (χ2v) is 5.07. The molecule has 7 heteroatoms. The number of benzene rings is 1. The van der Waals surface area contributed by atoms with E-state index in [0.717, 1.165) is 0 Å². The minimum Gasteiger partial charge on any atom is -0.384 e. The second kappa shape index (κ2) is 4.61. The normalized spacial score (nSPS) is 16.5. The number of rotatable bonds is 3. The van der Waals surface area contributed by atoms with Gasteiger partial charge in [-0.25, -0.2) is 9.97 Å². The van der Waals surface area contributed by atoms with Crippen molar-refractivity contribution in [3.63, 3.8) is 0 Å². The smallest absolute Gasteiger partial charge is 0.384 e. The molecule has 0 saturated heterocycles. The van der Waals surface area contributed by atoms with Gasteiger partial charge in [0, 0.05) is 11.6 Å². The number of hydrogen-bond donors (Lipinski definition) is 2. The molecule has 0 radical (unpaired) electrons. The summed E-state index contributed by atoms with van der Waals surface area (Å²) in [5, 5.41) is 2.46. The van der Waals surface area contributed by atoms with Crippen LogP contribution in [-0.4, -0.2) is 21.7 Å². The molecule has 1 aliphatic carbocycles. The number of alkyl halides is 3. The van der Waals surface area contributed by atoms with Gasteiger partial charge in [0.2, 0.25) is 0 Å². The highest BCUT2D eigenvalue weighted by Gasteiger charge is 2.63. The standard InChI is InChI=1S/C14H13F3N4/c15-14(16,17)13(6-7-13)21-11-8-10(18)19-12(20-11)9-4-2-1-3-5-9/h1-5,8H,6-7H2,(H3,18,19,20,21). The average molecular weight is 294 g/mol. The summed E-state index contributed by atoms with van der Waals surface area (Å²) >= 11 is 0. The first-order valence-electron chi connectivity index (χ1n) is 6.45. The largest absolute Gasteiger partial charge is 0.411 e. The monoisotopic (exact) mass is 294 g/mol. The zero-order valence-corrected chi connectivity index (χ0v) is 11.0. The lowest BCUT2D eigenvalue weighted by atomic mass is 10.2. The van der Waals surface area contributed by atoms with Crippen molar-refractivity contribution in [1.29, 1.82) is 0 Å². The Morgan fingerprint density at radius 2 is 1.76 bits per heavy atom. The van der Waals surface area contributed by atoms with Crippen LogP contribution in [0.4, 0.5) is 24.8 Å². The molecule has 4 nitrogen and oxygen atoms in total. The maximum absolute atomic E-state index is 13.0. The Kier molecular flexibility index (Phi) is 3.00. The van der Waals surface area contributed by atoms with E-state index in [1.807, 2.05) is 6.07 Å². The number of nitrogens with one attached hydrogen (secondary N) is 1. The molecule has 1 aliphatic rings. The van der Waals surface area contributed by atoms with Crippen molar-refractivity contribution in [2.75, 3.05) is 11.1 Å². The van der Waals surface area contributed by atoms with Gasteiger partial charge in [0.15, 0.2) is 5.82 Å². The highest BCUT2D eigenvalue weighted by molar-refractivity contribution is 5.61. The summed E-state index contributed by atoms with van der Waals surface area (Å²) in [6, 6.07) is 10.3. The minimum absolute atomic E-state index is 0.0427. The zero-order chi connectivity index (χ0) is 15.1. The summed E-state index contributed by atoms with van der Waals surface area (Å²) in [6.07, 6.45) is -4.22. The van der Waals surface area contributed by atoms with Gasteiger partial charge in [0.05, 0.1) is 0 Å². The van der Waals surface area contributed by atoms with Crippen LogP contribution in [0.15, 0.2) is 36.4 Å². The van der Waals surface area contributed by atoms with Gasteiger partial charge >= 0.3 is 6.18 Å². The summed E-state index contributed by atoms with van der Waals surface area (Å²) < 4.78 is 38.9. The first-order valence-corrected chi connectivity index (χ1v) is 6.45. The lowest BCUT2D eigenvalue weighted by Gasteiger charge is -2.21. The van der Waals surface area contributed by atoms with E-state index < -0.39 is 11.7 Å². The fourth-order valence-corrected chi connectivity index (χ4v) is 2.10. The van der Waals surface area contributed by atoms with E-state index in [4.69, 9.17) is 5.73 Å². The molecule has 0 aliphatic heterocycles. The van der Waals surface area contributed by atoms with Crippen LogP contribution >= 0.6 is 0 Å². The van der Waals surface area contributed by atoms with Crippen LogP contribution in [0, 0.1) is 0 Å². The topological polar surface area (TPSA) is 63.8 Å². The number of hydrogen-bond acceptors (Lipinski definition) is 4. The molecule has 1 aromatic carbocycles. The van der Waals surface area contributed by atoms with E-state index in [2.05, 4.69) is 15.3 Å². The van der Waals surface area contributed by atoms with E-state index in [1.165, 1.54) is 6.07 Å². The van der Waals surface area contributed by atoms with Gasteiger partial charge in [0.1, 0.15) is 17.2 Å². The lowest BCUT2D eigenvalue weighted by molar-refractivity contribution is -0.151. The molecule has 2 aromatic rings. The first kappa shape index (κ1) is 13.7. The Bertz CT molecular complexity index is 651. The van der Waals surface area contributed by atoms with E-state index in [9.17, 15) is 13.2 Å². The molecular formula is C14H13F3N4. The number of anilines is 2. The SMILES string of the molecule is Nc1cc(NC2(C(F)(F)F)CC2)nc(-c2ccccc2)n1. The molecule has 0 amide bonds. The highest BCUT2D eigenvalue weighted by atomic mass is 19.4. The van der Waals surface area contributed by atoms with E-state index in [-0.39, 0.29) is 24.5 Å². The van der Waals surface area contributed by atoms with Gasteiger partial charge in [-0.05, 0) is 12.8 Å². The third-order valence-corrected chi connectivity index (χ3v) is 3.44. The number of nitrogens with two attached hydrogens (primary N) is 1. The van der Waals surface area contributed by atoms with Crippen molar-refractivity contribution < 1.29 is 13.2 Å². The first-order chi connectivity index (χ1) is 9.90. The predicted molar refractivity (Wildman–Crippen MR) is 73.5 cm³/mol. The highest BCUT2D eigenvalue weighted by Crippen LogP contribution is 2.51. The molecule has 3 N–H and O–H groups in total. The fraction of sp³-hybridized carbons (Fsp3) is 0.286. The zero-order valence-electron chi connectivity index (χ0n) is 11.0. The van der Waals surface area contributed by atoms with Crippen molar-refractivity contribution in [2.45, 2.75) is 24.6 Å². The van der Waals surface area contributed by atoms with E-state index in [0.29, 0.717) is 11.4 Å². The summed E-state index contributed by atoms with van der Waals surface area (Å²) in [7, 11) is 0. The summed E-state index contributed by atoms with van der Waals surface area (Å²) in [6.45, 7) is 0. The number of aromatic nitrogens is 2. The van der Waals surface area contributed by atoms with Crippen LogP contribution < -0.4 is 11.1 Å². The Hall–Kier alpha value is -2.31. The van der Waals surface area contributed by atoms with Crippen molar-refractivity contribution in [3.05, 3.63) is 36.4 Å². The van der Waals surface area contributed by atoms with Gasteiger partial charge in [-0.1, -0.05) is 30.3 Å². The Morgan fingerprint density at radius 1 is 1.10 bits per heavy atom. The Labute approximate surface area is 119 Å². The maximum atomic E-state index is 13.0. The molecule has 21 heavy (non-hydrogen) atoms. The second-order valence-electron chi connectivity index (χ2n) is 5.07. The van der Waals surface area contributed by atoms with Gasteiger partial charge in [-0.15, -0.1) is 0 Å². The fourth-order valence-electron chi connectivity index (χ4n) is 2.10. The van der Waals surface area contributed by atoms with Crippen molar-refractivity contribution in [3.8, 4) is 11.4 Å². The van der Waals surface area contributed by atoms with Gasteiger partial charge < -0.3 is 11.1 Å². The molecule has 1 aromatic heterocycles. The molecule has 0 atom stereocenters. The maximum Gasteiger partial charge on any atom is 0.411 e. The summed E-state index contributed by atoms with van der Waals surface area (Å²) in [5.74, 6) is 0.525. The van der Waals surface area contributed by atoms with Gasteiger partial charge in [-0.2, -0.15) is 13.2 Å². The molecule has 0 bridgehead atoms. The third-order valence-electron chi connectivity index (χ3n) is 3.44. The molecule has 1 fully saturated rings. The minimum atomic E-state index is -4.31. The van der Waals surface area contributed by atoms with Crippen molar-refractivity contribution in [2.24, 2.45) is 0 Å². The predicted octanol–water partition coefficient (Wildman–Crippen LogP) is 3.23. The van der Waals surface area contributed by atoms with E-state index in [1.54, 1.807) is 24.3 Å². The number of nitrogens with zero attached hydrogens (tertiary/aromatic N) is 2. The van der Waals surface area contributed by atoms with Crippen LogP contribution in [0.5, 0.6) is 0 Å². The Morgan fingerprint density at radius 3 is 2.33 bits per heavy atom. The number of nitrogen functional groups attached to an aromatic ring is 1. The number of halogens is 3. The van der Waals surface area contributed by atoms with Gasteiger partial charge in [0.25, 0.3) is 0 Å². The molecule has 1 saturated carbocycles. The van der Waals surface area contributed by atoms with Crippen molar-refractivity contribution in [1.82, 2.24) is 9.97 Å². The lowest BCUT2D eigenvalue weighted by Crippen LogP contribution is -2.39.